The van der Waals surface area contributed by atoms with E-state index in [1.165, 1.54) is 12.1 Å². The summed E-state index contributed by atoms with van der Waals surface area (Å²) in [6.45, 7) is 5.12. The van der Waals surface area contributed by atoms with Crippen molar-refractivity contribution in [3.8, 4) is 11.3 Å². The molecule has 1 fully saturated rings. The summed E-state index contributed by atoms with van der Waals surface area (Å²) < 4.78 is 18.3. The zero-order valence-corrected chi connectivity index (χ0v) is 19.5. The highest BCUT2D eigenvalue weighted by molar-refractivity contribution is 7.09. The van der Waals surface area contributed by atoms with E-state index in [0.717, 1.165) is 54.7 Å². The van der Waals surface area contributed by atoms with Crippen LogP contribution in [0.2, 0.25) is 0 Å². The highest BCUT2D eigenvalue weighted by Crippen LogP contribution is 2.23. The van der Waals surface area contributed by atoms with Gasteiger partial charge in [-0.05, 0) is 36.4 Å². The molecule has 3 N–H and O–H groups in total. The van der Waals surface area contributed by atoms with E-state index in [0.29, 0.717) is 13.1 Å². The van der Waals surface area contributed by atoms with Crippen molar-refractivity contribution in [2.45, 2.75) is 13.1 Å². The molecule has 10 nitrogen and oxygen atoms in total. The molecule has 3 aromatic rings. The molecule has 1 aliphatic heterocycles. The predicted octanol–water partition coefficient (Wildman–Crippen LogP) is 2.13. The van der Waals surface area contributed by atoms with Gasteiger partial charge in [0.1, 0.15) is 16.6 Å². The number of carboxylic acid groups (broad SMARTS) is 2. The number of aromatic nitrogens is 1. The summed E-state index contributed by atoms with van der Waals surface area (Å²) in [7, 11) is 0. The summed E-state index contributed by atoms with van der Waals surface area (Å²) in [4.78, 5) is 39.5. The number of hydrogen-bond donors (Lipinski definition) is 3. The number of nitrogens with one attached hydrogen (secondary N) is 1. The van der Waals surface area contributed by atoms with Gasteiger partial charge in [-0.2, -0.15) is 0 Å². The number of benzene rings is 1. The van der Waals surface area contributed by atoms with Crippen LogP contribution in [-0.2, 0) is 27.5 Å². The monoisotopic (exact) mass is 504 g/mol. The number of thiazole rings is 1. The van der Waals surface area contributed by atoms with Crippen LogP contribution in [0.3, 0.4) is 0 Å². The Bertz CT molecular complexity index is 1100. The number of halogens is 1. The van der Waals surface area contributed by atoms with Gasteiger partial charge >= 0.3 is 11.9 Å². The Morgan fingerprint density at radius 3 is 2.29 bits per heavy atom. The molecule has 12 heteroatoms. The zero-order valence-electron chi connectivity index (χ0n) is 18.7. The molecule has 0 unspecified atom stereocenters. The third kappa shape index (κ3) is 8.59. The van der Waals surface area contributed by atoms with Gasteiger partial charge in [0.2, 0.25) is 5.91 Å². The lowest BCUT2D eigenvalue weighted by Gasteiger charge is -2.33. The summed E-state index contributed by atoms with van der Waals surface area (Å²) in [6.07, 6.45) is 1.60. The standard InChI is InChI=1S/C21H23FN4O2S.C2H2O4/c22-17-5-3-16(4-6-17)19-15-29-21(24-19)14-26-9-7-25(8-10-26)13-20(27)23-12-18-2-1-11-28-18;3-1(4)2(5)6/h1-6,11,15H,7-10,12-14H2,(H,23,27);(H,3,4)(H,5,6). The highest BCUT2D eigenvalue weighted by atomic mass is 32.1. The van der Waals surface area contributed by atoms with Crippen molar-refractivity contribution in [1.82, 2.24) is 20.1 Å². The Morgan fingerprint density at radius 1 is 1.03 bits per heavy atom. The lowest BCUT2D eigenvalue weighted by atomic mass is 10.2. The molecule has 1 amide bonds. The van der Waals surface area contributed by atoms with Gasteiger partial charge in [-0.3, -0.25) is 14.6 Å². The second-order valence-electron chi connectivity index (χ2n) is 7.65. The van der Waals surface area contributed by atoms with Crippen LogP contribution in [0.4, 0.5) is 4.39 Å². The average molecular weight is 505 g/mol. The smallest absolute Gasteiger partial charge is 0.414 e. The number of piperazine rings is 1. The Balaban J connectivity index is 0.000000509. The number of furan rings is 1. The van der Waals surface area contributed by atoms with Crippen LogP contribution in [0, 0.1) is 5.82 Å². The van der Waals surface area contributed by atoms with Gasteiger partial charge in [0.05, 0.1) is 31.6 Å². The Morgan fingerprint density at radius 2 is 1.69 bits per heavy atom. The Hall–Kier alpha value is -3.61. The third-order valence-corrected chi connectivity index (χ3v) is 5.94. The minimum Gasteiger partial charge on any atom is -0.473 e. The van der Waals surface area contributed by atoms with Gasteiger partial charge < -0.3 is 19.9 Å². The Kier molecular flexibility index (Phi) is 9.47. The number of nitrogens with zero attached hydrogens (tertiary/aromatic N) is 3. The van der Waals surface area contributed by atoms with Crippen LogP contribution < -0.4 is 5.32 Å². The molecular weight excluding hydrogens is 479 g/mol. The van der Waals surface area contributed by atoms with E-state index in [4.69, 9.17) is 24.2 Å². The van der Waals surface area contributed by atoms with Gasteiger partial charge in [-0.1, -0.05) is 0 Å². The van der Waals surface area contributed by atoms with E-state index in [9.17, 15) is 9.18 Å². The maximum absolute atomic E-state index is 13.1. The lowest BCUT2D eigenvalue weighted by Crippen LogP contribution is -2.49. The largest absolute Gasteiger partial charge is 0.473 e. The molecule has 0 spiro atoms. The lowest BCUT2D eigenvalue weighted by molar-refractivity contribution is -0.159. The van der Waals surface area contributed by atoms with E-state index < -0.39 is 11.9 Å². The van der Waals surface area contributed by atoms with Crippen molar-refractivity contribution in [2.75, 3.05) is 32.7 Å². The molecule has 1 saturated heterocycles. The number of carbonyl (C=O) groups is 3. The van der Waals surface area contributed by atoms with Crippen LogP contribution in [0.5, 0.6) is 0 Å². The Labute approximate surface area is 204 Å². The number of hydrogen-bond acceptors (Lipinski definition) is 8. The van der Waals surface area contributed by atoms with Gasteiger partial charge in [-0.25, -0.2) is 19.0 Å². The summed E-state index contributed by atoms with van der Waals surface area (Å²) in [5.41, 5.74) is 1.82. The first kappa shape index (κ1) is 26.0. The van der Waals surface area contributed by atoms with Gasteiger partial charge in [0.25, 0.3) is 0 Å². The number of aliphatic carboxylic acids is 2. The summed E-state index contributed by atoms with van der Waals surface area (Å²) in [5.74, 6) is -3.12. The number of rotatable bonds is 7. The fourth-order valence-electron chi connectivity index (χ4n) is 3.29. The number of carboxylic acids is 2. The molecule has 35 heavy (non-hydrogen) atoms. The first-order valence-corrected chi connectivity index (χ1v) is 11.6. The highest BCUT2D eigenvalue weighted by Gasteiger charge is 2.20. The summed E-state index contributed by atoms with van der Waals surface area (Å²) in [5, 5.41) is 20.7. The van der Waals surface area contributed by atoms with Gasteiger partial charge in [0, 0.05) is 37.1 Å². The van der Waals surface area contributed by atoms with E-state index in [1.807, 2.05) is 17.5 Å². The summed E-state index contributed by atoms with van der Waals surface area (Å²) in [6, 6.07) is 10.1. The van der Waals surface area contributed by atoms with Crippen LogP contribution in [-0.4, -0.2) is 75.6 Å². The predicted molar refractivity (Wildman–Crippen MR) is 125 cm³/mol. The number of carbonyl (C=O) groups excluding carboxylic acids is 1. The van der Waals surface area contributed by atoms with Crippen molar-refractivity contribution in [1.29, 1.82) is 0 Å². The van der Waals surface area contributed by atoms with Gasteiger partial charge in [0.15, 0.2) is 0 Å². The minimum absolute atomic E-state index is 0.0127. The molecule has 0 atom stereocenters. The second-order valence-corrected chi connectivity index (χ2v) is 8.59. The van der Waals surface area contributed by atoms with E-state index in [-0.39, 0.29) is 11.7 Å². The molecule has 4 rings (SSSR count). The second kappa shape index (κ2) is 12.7. The molecule has 0 aliphatic carbocycles. The molecule has 1 aliphatic rings. The molecular formula is C23H25FN4O6S. The van der Waals surface area contributed by atoms with Crippen LogP contribution in [0.1, 0.15) is 10.8 Å². The zero-order chi connectivity index (χ0) is 25.2. The van der Waals surface area contributed by atoms with Crippen molar-refractivity contribution in [2.24, 2.45) is 0 Å². The van der Waals surface area contributed by atoms with Gasteiger partial charge in [-0.15, -0.1) is 11.3 Å². The topological polar surface area (TPSA) is 136 Å². The van der Waals surface area contributed by atoms with Crippen molar-refractivity contribution in [3.05, 3.63) is 64.6 Å². The minimum atomic E-state index is -1.82. The molecule has 0 radical (unpaired) electrons. The normalized spacial score (nSPS) is 14.1. The van der Waals surface area contributed by atoms with Crippen molar-refractivity contribution in [3.63, 3.8) is 0 Å². The molecule has 2 aromatic heterocycles. The first-order valence-electron chi connectivity index (χ1n) is 10.7. The van der Waals surface area contributed by atoms with E-state index in [1.54, 1.807) is 29.7 Å². The fraction of sp³-hybridized carbons (Fsp3) is 0.304. The third-order valence-electron chi connectivity index (χ3n) is 5.11. The molecule has 0 saturated carbocycles. The quantitative estimate of drug-likeness (QED) is 0.413. The van der Waals surface area contributed by atoms with Crippen LogP contribution >= 0.6 is 11.3 Å². The SMILES string of the molecule is O=C(CN1CCN(Cc2nc(-c3ccc(F)cc3)cs2)CC1)NCc1ccco1.O=C(O)C(=O)O. The maximum atomic E-state index is 13.1. The average Bonchev–Trinajstić information content (AvgIpc) is 3.52. The molecule has 3 heterocycles. The fourth-order valence-corrected chi connectivity index (χ4v) is 4.14. The number of amides is 1. The first-order chi connectivity index (χ1) is 16.8. The summed E-state index contributed by atoms with van der Waals surface area (Å²) >= 11 is 1.63. The van der Waals surface area contributed by atoms with Crippen LogP contribution in [0.25, 0.3) is 11.3 Å². The molecule has 1 aromatic carbocycles. The maximum Gasteiger partial charge on any atom is 0.414 e. The molecule has 0 bridgehead atoms. The molecule has 186 valence electrons. The van der Waals surface area contributed by atoms with E-state index >= 15 is 0 Å². The van der Waals surface area contributed by atoms with Crippen molar-refractivity contribution >= 4 is 29.2 Å². The van der Waals surface area contributed by atoms with Crippen LogP contribution in [0.15, 0.2) is 52.5 Å². The van der Waals surface area contributed by atoms with E-state index in [2.05, 4.69) is 20.1 Å². The van der Waals surface area contributed by atoms with Crippen molar-refractivity contribution < 1.29 is 33.4 Å².